The van der Waals surface area contributed by atoms with Crippen molar-refractivity contribution in [2.45, 2.75) is 51.5 Å². The van der Waals surface area contributed by atoms with Gasteiger partial charge in [-0.25, -0.2) is 0 Å². The molecule has 1 saturated carbocycles. The van der Waals surface area contributed by atoms with Gasteiger partial charge in [0.2, 0.25) is 0 Å². The molecule has 2 heteroatoms. The van der Waals surface area contributed by atoms with Crippen LogP contribution in [0.1, 0.15) is 51.0 Å². The maximum absolute atomic E-state index is 3.68. The fourth-order valence-electron chi connectivity index (χ4n) is 2.66. The Labute approximate surface area is 119 Å². The first kappa shape index (κ1) is 14.1. The van der Waals surface area contributed by atoms with Gasteiger partial charge in [0, 0.05) is 10.5 Å². The highest BCUT2D eigenvalue weighted by atomic mass is 79.9. The molecule has 1 aliphatic carbocycles. The Bertz CT molecular complexity index is 369. The highest BCUT2D eigenvalue weighted by Crippen LogP contribution is 2.39. The van der Waals surface area contributed by atoms with E-state index < -0.39 is 0 Å². The minimum absolute atomic E-state index is 0.745. The molecule has 1 N–H and O–H groups in total. The molecule has 1 aliphatic rings. The first-order chi connectivity index (χ1) is 8.66. The predicted molar refractivity (Wildman–Crippen MR) is 82.0 cm³/mol. The molecule has 0 aromatic heterocycles. The molecule has 2 rings (SSSR count). The van der Waals surface area contributed by atoms with E-state index in [0.717, 1.165) is 17.9 Å². The summed E-state index contributed by atoms with van der Waals surface area (Å²) in [4.78, 5) is 0. The van der Waals surface area contributed by atoms with Crippen LogP contribution in [0.5, 0.6) is 0 Å². The van der Waals surface area contributed by atoms with Crippen molar-refractivity contribution >= 4 is 15.9 Å². The molecule has 0 atom stereocenters. The Morgan fingerprint density at radius 1 is 1.28 bits per heavy atom. The van der Waals surface area contributed by atoms with Crippen molar-refractivity contribution in [3.05, 3.63) is 34.3 Å². The number of hydrogen-bond donors (Lipinski definition) is 1. The number of halogens is 1. The summed E-state index contributed by atoms with van der Waals surface area (Å²) in [7, 11) is 0. The normalized spacial score (nSPS) is 23.1. The van der Waals surface area contributed by atoms with Gasteiger partial charge in [-0.05, 0) is 55.7 Å². The van der Waals surface area contributed by atoms with E-state index in [-0.39, 0.29) is 0 Å². The van der Waals surface area contributed by atoms with Crippen molar-refractivity contribution in [1.29, 1.82) is 0 Å². The second kappa shape index (κ2) is 6.72. The van der Waals surface area contributed by atoms with Crippen LogP contribution in [0.2, 0.25) is 0 Å². The largest absolute Gasteiger partial charge is 0.314 e. The number of nitrogens with one attached hydrogen (secondary N) is 1. The summed E-state index contributed by atoms with van der Waals surface area (Å²) in [5.41, 5.74) is 1.48. The molecular formula is C16H24BrN. The van der Waals surface area contributed by atoms with Crippen molar-refractivity contribution in [1.82, 2.24) is 5.32 Å². The maximum atomic E-state index is 3.68. The highest BCUT2D eigenvalue weighted by Gasteiger charge is 2.30. The summed E-state index contributed by atoms with van der Waals surface area (Å²) in [6, 6.07) is 9.38. The smallest absolute Gasteiger partial charge is 0.0210 e. The average Bonchev–Trinajstić information content (AvgIpc) is 2.28. The lowest BCUT2D eigenvalue weighted by Gasteiger charge is -2.37. The van der Waals surface area contributed by atoms with Gasteiger partial charge < -0.3 is 5.32 Å². The van der Waals surface area contributed by atoms with E-state index in [2.05, 4.69) is 59.4 Å². The molecule has 0 aliphatic heterocycles. The fourth-order valence-corrected chi connectivity index (χ4v) is 3.27. The Hall–Kier alpha value is -0.340. The zero-order valence-electron chi connectivity index (χ0n) is 11.5. The predicted octanol–water partition coefficient (Wildman–Crippen LogP) is 4.72. The van der Waals surface area contributed by atoms with Crippen LogP contribution in [0.15, 0.2) is 28.7 Å². The Morgan fingerprint density at radius 3 is 2.67 bits per heavy atom. The van der Waals surface area contributed by atoms with Gasteiger partial charge in [-0.15, -0.1) is 0 Å². The summed E-state index contributed by atoms with van der Waals surface area (Å²) in [5, 5.41) is 3.68. The third kappa shape index (κ3) is 3.83. The maximum Gasteiger partial charge on any atom is 0.0210 e. The molecular weight excluding hydrogens is 286 g/mol. The molecule has 18 heavy (non-hydrogen) atoms. The van der Waals surface area contributed by atoms with E-state index in [1.807, 2.05) is 0 Å². The van der Waals surface area contributed by atoms with Gasteiger partial charge in [0.05, 0.1) is 0 Å². The van der Waals surface area contributed by atoms with Crippen LogP contribution in [-0.2, 0) is 0 Å². The van der Waals surface area contributed by atoms with Gasteiger partial charge in [-0.1, -0.05) is 48.0 Å². The zero-order valence-corrected chi connectivity index (χ0v) is 13.0. The summed E-state index contributed by atoms with van der Waals surface area (Å²) in [6.45, 7) is 5.78. The Morgan fingerprint density at radius 2 is 2.00 bits per heavy atom. The quantitative estimate of drug-likeness (QED) is 0.750. The molecule has 0 unspecified atom stereocenters. The average molecular weight is 310 g/mol. The molecule has 0 heterocycles. The Balaban J connectivity index is 1.67. The van der Waals surface area contributed by atoms with Gasteiger partial charge >= 0.3 is 0 Å². The van der Waals surface area contributed by atoms with Crippen molar-refractivity contribution in [2.24, 2.45) is 5.92 Å². The van der Waals surface area contributed by atoms with Crippen LogP contribution in [0.4, 0.5) is 0 Å². The second-order valence-corrected chi connectivity index (χ2v) is 6.73. The van der Waals surface area contributed by atoms with Crippen LogP contribution in [-0.4, -0.2) is 12.6 Å². The second-order valence-electron chi connectivity index (χ2n) is 5.88. The van der Waals surface area contributed by atoms with Crippen molar-refractivity contribution in [3.8, 4) is 0 Å². The van der Waals surface area contributed by atoms with Crippen molar-refractivity contribution < 1.29 is 0 Å². The molecule has 1 fully saturated rings. The zero-order chi connectivity index (χ0) is 13.0. The van der Waals surface area contributed by atoms with Crippen LogP contribution in [0.25, 0.3) is 0 Å². The van der Waals surface area contributed by atoms with Crippen LogP contribution in [0.3, 0.4) is 0 Å². The first-order valence-electron chi connectivity index (χ1n) is 7.14. The van der Waals surface area contributed by atoms with E-state index in [4.69, 9.17) is 0 Å². The highest BCUT2D eigenvalue weighted by molar-refractivity contribution is 9.10. The number of benzene rings is 1. The van der Waals surface area contributed by atoms with Gasteiger partial charge in [0.1, 0.15) is 0 Å². The molecule has 0 radical (unpaired) electrons. The molecule has 0 amide bonds. The molecule has 100 valence electrons. The van der Waals surface area contributed by atoms with E-state index in [1.54, 1.807) is 0 Å². The SMILES string of the molecule is CC(C)CCCNC1CC(c2ccccc2Br)C1. The third-order valence-electron chi connectivity index (χ3n) is 3.87. The molecule has 1 nitrogen and oxygen atoms in total. The standard InChI is InChI=1S/C16H24BrN/c1-12(2)6-5-9-18-14-10-13(11-14)15-7-3-4-8-16(15)17/h3-4,7-8,12-14,18H,5-6,9-11H2,1-2H3. The molecule has 0 saturated heterocycles. The van der Waals surface area contributed by atoms with E-state index in [1.165, 1.54) is 42.3 Å². The number of hydrogen-bond acceptors (Lipinski definition) is 1. The third-order valence-corrected chi connectivity index (χ3v) is 4.60. The van der Waals surface area contributed by atoms with E-state index >= 15 is 0 Å². The summed E-state index contributed by atoms with van der Waals surface area (Å²) < 4.78 is 1.27. The minimum Gasteiger partial charge on any atom is -0.314 e. The summed E-state index contributed by atoms with van der Waals surface area (Å²) in [6.07, 6.45) is 5.25. The minimum atomic E-state index is 0.745. The lowest BCUT2D eigenvalue weighted by atomic mass is 9.76. The van der Waals surface area contributed by atoms with E-state index in [0.29, 0.717) is 0 Å². The van der Waals surface area contributed by atoms with Crippen molar-refractivity contribution in [3.63, 3.8) is 0 Å². The lowest BCUT2D eigenvalue weighted by Crippen LogP contribution is -2.40. The van der Waals surface area contributed by atoms with Gasteiger partial charge in [0.15, 0.2) is 0 Å². The molecule has 1 aromatic rings. The summed E-state index contributed by atoms with van der Waals surface area (Å²) in [5.74, 6) is 1.59. The monoisotopic (exact) mass is 309 g/mol. The molecule has 0 spiro atoms. The summed E-state index contributed by atoms with van der Waals surface area (Å²) >= 11 is 3.65. The van der Waals surface area contributed by atoms with Gasteiger partial charge in [0.25, 0.3) is 0 Å². The van der Waals surface area contributed by atoms with Crippen molar-refractivity contribution in [2.75, 3.05) is 6.54 Å². The molecule has 1 aromatic carbocycles. The number of rotatable bonds is 6. The van der Waals surface area contributed by atoms with Crippen LogP contribution < -0.4 is 5.32 Å². The lowest BCUT2D eigenvalue weighted by molar-refractivity contribution is 0.287. The van der Waals surface area contributed by atoms with Crippen LogP contribution in [0, 0.1) is 5.92 Å². The molecule has 0 bridgehead atoms. The van der Waals surface area contributed by atoms with Gasteiger partial charge in [-0.2, -0.15) is 0 Å². The fraction of sp³-hybridized carbons (Fsp3) is 0.625. The topological polar surface area (TPSA) is 12.0 Å². The Kier molecular flexibility index (Phi) is 5.25. The van der Waals surface area contributed by atoms with Crippen LogP contribution >= 0.6 is 15.9 Å². The first-order valence-corrected chi connectivity index (χ1v) is 7.94. The van der Waals surface area contributed by atoms with Gasteiger partial charge in [-0.3, -0.25) is 0 Å². The van der Waals surface area contributed by atoms with E-state index in [9.17, 15) is 0 Å².